The summed E-state index contributed by atoms with van der Waals surface area (Å²) in [4.78, 5) is 13.4. The first-order chi connectivity index (χ1) is 8.10. The molecule has 17 heavy (non-hydrogen) atoms. The monoisotopic (exact) mass is 239 g/mol. The fourth-order valence-electron chi connectivity index (χ4n) is 1.78. The number of amides is 2. The Kier molecular flexibility index (Phi) is 5.00. The minimum atomic E-state index is -0.0123. The third-order valence-electron chi connectivity index (χ3n) is 2.88. The minimum absolute atomic E-state index is 0.0123. The van der Waals surface area contributed by atoms with E-state index >= 15 is 0 Å². The SMILES string of the molecule is CCN(CC)C(=O)NCCc1c(C)noc1C. The lowest BCUT2D eigenvalue weighted by atomic mass is 10.1. The van der Waals surface area contributed by atoms with Crippen LogP contribution >= 0.6 is 0 Å². The molecule has 0 saturated heterocycles. The molecule has 1 aromatic rings. The smallest absolute Gasteiger partial charge is 0.317 e. The molecule has 0 aliphatic heterocycles. The van der Waals surface area contributed by atoms with Gasteiger partial charge in [0.15, 0.2) is 0 Å². The van der Waals surface area contributed by atoms with Gasteiger partial charge in [0.05, 0.1) is 5.69 Å². The molecule has 0 unspecified atom stereocenters. The number of hydrogen-bond acceptors (Lipinski definition) is 3. The molecule has 1 heterocycles. The van der Waals surface area contributed by atoms with Crippen molar-refractivity contribution in [3.05, 3.63) is 17.0 Å². The summed E-state index contributed by atoms with van der Waals surface area (Å²) >= 11 is 0. The number of rotatable bonds is 5. The van der Waals surface area contributed by atoms with Crippen LogP contribution in [0.5, 0.6) is 0 Å². The molecule has 0 aliphatic rings. The fraction of sp³-hybridized carbons (Fsp3) is 0.667. The normalized spacial score (nSPS) is 10.4. The highest BCUT2D eigenvalue weighted by molar-refractivity contribution is 5.74. The number of nitrogens with one attached hydrogen (secondary N) is 1. The third-order valence-corrected chi connectivity index (χ3v) is 2.88. The van der Waals surface area contributed by atoms with E-state index in [1.54, 1.807) is 4.90 Å². The average Bonchev–Trinajstić information content (AvgIpc) is 2.62. The van der Waals surface area contributed by atoms with Crippen LogP contribution in [0, 0.1) is 13.8 Å². The zero-order valence-corrected chi connectivity index (χ0v) is 11.0. The van der Waals surface area contributed by atoms with Crippen molar-refractivity contribution in [3.8, 4) is 0 Å². The summed E-state index contributed by atoms with van der Waals surface area (Å²) in [6, 6.07) is -0.0123. The lowest BCUT2D eigenvalue weighted by Crippen LogP contribution is -2.40. The van der Waals surface area contributed by atoms with E-state index in [1.807, 2.05) is 27.7 Å². The van der Waals surface area contributed by atoms with Crippen LogP contribution in [0.25, 0.3) is 0 Å². The Labute approximate surface area is 102 Å². The quantitative estimate of drug-likeness (QED) is 0.853. The van der Waals surface area contributed by atoms with Gasteiger partial charge in [-0.3, -0.25) is 0 Å². The zero-order chi connectivity index (χ0) is 12.8. The maximum atomic E-state index is 11.7. The summed E-state index contributed by atoms with van der Waals surface area (Å²) in [6.45, 7) is 9.81. The first-order valence-corrected chi connectivity index (χ1v) is 6.04. The molecule has 96 valence electrons. The second-order valence-electron chi connectivity index (χ2n) is 3.96. The molecule has 0 saturated carbocycles. The first-order valence-electron chi connectivity index (χ1n) is 6.04. The molecular weight excluding hydrogens is 218 g/mol. The van der Waals surface area contributed by atoms with Gasteiger partial charge < -0.3 is 14.7 Å². The maximum Gasteiger partial charge on any atom is 0.317 e. The summed E-state index contributed by atoms with van der Waals surface area (Å²) < 4.78 is 5.07. The van der Waals surface area contributed by atoms with Crippen molar-refractivity contribution in [2.45, 2.75) is 34.1 Å². The lowest BCUT2D eigenvalue weighted by Gasteiger charge is -2.19. The Morgan fingerprint density at radius 3 is 2.47 bits per heavy atom. The minimum Gasteiger partial charge on any atom is -0.361 e. The van der Waals surface area contributed by atoms with Crippen molar-refractivity contribution in [2.24, 2.45) is 0 Å². The highest BCUT2D eigenvalue weighted by Crippen LogP contribution is 2.11. The molecule has 0 aliphatic carbocycles. The fourth-order valence-corrected chi connectivity index (χ4v) is 1.78. The number of aryl methyl sites for hydroxylation is 2. The molecule has 0 spiro atoms. The zero-order valence-electron chi connectivity index (χ0n) is 11.0. The second kappa shape index (κ2) is 6.27. The number of carbonyl (C=O) groups excluding carboxylic acids is 1. The van der Waals surface area contributed by atoms with Crippen LogP contribution in [0.15, 0.2) is 4.52 Å². The van der Waals surface area contributed by atoms with Crippen LogP contribution in [0.2, 0.25) is 0 Å². The summed E-state index contributed by atoms with van der Waals surface area (Å²) in [5.74, 6) is 0.833. The van der Waals surface area contributed by atoms with Crippen molar-refractivity contribution in [3.63, 3.8) is 0 Å². The first kappa shape index (κ1) is 13.5. The third kappa shape index (κ3) is 3.47. The van der Waals surface area contributed by atoms with E-state index in [2.05, 4.69) is 10.5 Å². The van der Waals surface area contributed by atoms with E-state index in [9.17, 15) is 4.79 Å². The van der Waals surface area contributed by atoms with Crippen molar-refractivity contribution >= 4 is 6.03 Å². The number of urea groups is 1. The Balaban J connectivity index is 2.40. The Morgan fingerprint density at radius 1 is 1.35 bits per heavy atom. The van der Waals surface area contributed by atoms with Gasteiger partial charge in [-0.15, -0.1) is 0 Å². The molecule has 1 aromatic heterocycles. The van der Waals surface area contributed by atoms with Gasteiger partial charge in [0.2, 0.25) is 0 Å². The molecule has 0 aromatic carbocycles. The molecule has 0 bridgehead atoms. The summed E-state index contributed by atoms with van der Waals surface area (Å²) in [5.41, 5.74) is 1.99. The molecule has 0 radical (unpaired) electrons. The number of hydrogen-bond donors (Lipinski definition) is 1. The summed E-state index contributed by atoms with van der Waals surface area (Å²) in [7, 11) is 0. The van der Waals surface area contributed by atoms with Crippen molar-refractivity contribution in [1.29, 1.82) is 0 Å². The Bertz CT molecular complexity index is 350. The van der Waals surface area contributed by atoms with Crippen LogP contribution < -0.4 is 5.32 Å². The molecule has 1 N–H and O–H groups in total. The van der Waals surface area contributed by atoms with E-state index in [1.165, 1.54) is 0 Å². The highest BCUT2D eigenvalue weighted by atomic mass is 16.5. The second-order valence-corrected chi connectivity index (χ2v) is 3.96. The van der Waals surface area contributed by atoms with Gasteiger partial charge in [0.1, 0.15) is 5.76 Å². The predicted molar refractivity (Wildman–Crippen MR) is 66.0 cm³/mol. The summed E-state index contributed by atoms with van der Waals surface area (Å²) in [6.07, 6.45) is 0.758. The molecule has 5 heteroatoms. The van der Waals surface area contributed by atoms with Crippen LogP contribution in [0.4, 0.5) is 4.79 Å². The maximum absolute atomic E-state index is 11.7. The van der Waals surface area contributed by atoms with Gasteiger partial charge in [-0.25, -0.2) is 4.79 Å². The van der Waals surface area contributed by atoms with Gasteiger partial charge in [-0.2, -0.15) is 0 Å². The molecular formula is C12H21N3O2. The summed E-state index contributed by atoms with van der Waals surface area (Å²) in [5, 5.41) is 6.78. The van der Waals surface area contributed by atoms with Crippen LogP contribution in [0.3, 0.4) is 0 Å². The van der Waals surface area contributed by atoms with E-state index in [0.717, 1.165) is 36.5 Å². The predicted octanol–water partition coefficient (Wildman–Crippen LogP) is 1.89. The van der Waals surface area contributed by atoms with E-state index < -0.39 is 0 Å². The molecule has 5 nitrogen and oxygen atoms in total. The molecule has 0 atom stereocenters. The van der Waals surface area contributed by atoms with E-state index in [0.29, 0.717) is 6.54 Å². The number of aromatic nitrogens is 1. The average molecular weight is 239 g/mol. The molecule has 0 fully saturated rings. The van der Waals surface area contributed by atoms with Crippen LogP contribution in [0.1, 0.15) is 30.9 Å². The van der Waals surface area contributed by atoms with Gasteiger partial charge in [0, 0.05) is 25.2 Å². The number of nitrogens with zero attached hydrogens (tertiary/aromatic N) is 2. The van der Waals surface area contributed by atoms with Gasteiger partial charge >= 0.3 is 6.03 Å². The molecule has 2 amide bonds. The highest BCUT2D eigenvalue weighted by Gasteiger charge is 2.11. The van der Waals surface area contributed by atoms with Gasteiger partial charge in [-0.05, 0) is 34.1 Å². The largest absolute Gasteiger partial charge is 0.361 e. The van der Waals surface area contributed by atoms with Crippen molar-refractivity contribution < 1.29 is 9.32 Å². The molecule has 1 rings (SSSR count). The van der Waals surface area contributed by atoms with Crippen LogP contribution in [-0.4, -0.2) is 35.7 Å². The van der Waals surface area contributed by atoms with Gasteiger partial charge in [-0.1, -0.05) is 5.16 Å². The lowest BCUT2D eigenvalue weighted by molar-refractivity contribution is 0.203. The van der Waals surface area contributed by atoms with Crippen LogP contribution in [-0.2, 0) is 6.42 Å². The Hall–Kier alpha value is -1.52. The number of carbonyl (C=O) groups is 1. The topological polar surface area (TPSA) is 58.4 Å². The van der Waals surface area contributed by atoms with E-state index in [4.69, 9.17) is 4.52 Å². The standard InChI is InChI=1S/C12H21N3O2/c1-5-15(6-2)12(16)13-8-7-11-9(3)14-17-10(11)4/h5-8H2,1-4H3,(H,13,16). The van der Waals surface area contributed by atoms with Gasteiger partial charge in [0.25, 0.3) is 0 Å². The van der Waals surface area contributed by atoms with E-state index in [-0.39, 0.29) is 6.03 Å². The van der Waals surface area contributed by atoms with Crippen molar-refractivity contribution in [2.75, 3.05) is 19.6 Å². The Morgan fingerprint density at radius 2 is 2.00 bits per heavy atom. The van der Waals surface area contributed by atoms with Crippen molar-refractivity contribution in [1.82, 2.24) is 15.4 Å².